The molecule has 1 aliphatic rings. The number of halogens is 3. The summed E-state index contributed by atoms with van der Waals surface area (Å²) >= 11 is 0. The van der Waals surface area contributed by atoms with Crippen LogP contribution in [-0.4, -0.2) is 0 Å². The molecule has 0 aromatic heterocycles. The Morgan fingerprint density at radius 2 is 1.60 bits per heavy atom. The number of benzene rings is 2. The predicted molar refractivity (Wildman–Crippen MR) is 117 cm³/mol. The summed E-state index contributed by atoms with van der Waals surface area (Å²) in [5.41, 5.74) is 2.85. The van der Waals surface area contributed by atoms with Crippen molar-refractivity contribution < 1.29 is 13.2 Å². The zero-order chi connectivity index (χ0) is 21.4. The van der Waals surface area contributed by atoms with E-state index in [1.807, 2.05) is 6.08 Å². The lowest BCUT2D eigenvalue weighted by Gasteiger charge is -2.27. The first kappa shape index (κ1) is 22.2. The fourth-order valence-electron chi connectivity index (χ4n) is 4.03. The molecule has 0 amide bonds. The Kier molecular flexibility index (Phi) is 7.80. The third kappa shape index (κ3) is 6.52. The lowest BCUT2D eigenvalue weighted by Crippen LogP contribution is -2.11. The number of allylic oxidation sites excluding steroid dienone is 2. The van der Waals surface area contributed by atoms with Crippen molar-refractivity contribution >= 4 is 0 Å². The van der Waals surface area contributed by atoms with Gasteiger partial charge < -0.3 is 0 Å². The topological polar surface area (TPSA) is 0 Å². The average Bonchev–Trinajstić information content (AvgIpc) is 2.76. The lowest BCUT2D eigenvalue weighted by molar-refractivity contribution is -0.137. The number of aryl methyl sites for hydroxylation is 1. The van der Waals surface area contributed by atoms with Gasteiger partial charge in [-0.05, 0) is 91.8 Å². The first-order valence-electron chi connectivity index (χ1n) is 10.9. The van der Waals surface area contributed by atoms with Crippen molar-refractivity contribution in [2.24, 2.45) is 5.92 Å². The number of unbranched alkanes of at least 4 members (excludes halogenated alkanes) is 1. The molecule has 158 valence electrons. The van der Waals surface area contributed by atoms with Crippen molar-refractivity contribution in [2.75, 3.05) is 0 Å². The Morgan fingerprint density at radius 3 is 2.20 bits per heavy atom. The summed E-state index contributed by atoms with van der Waals surface area (Å²) in [6, 6.07) is 14.2. The van der Waals surface area contributed by atoms with Crippen molar-refractivity contribution in [3.05, 3.63) is 82.9 Å². The highest BCUT2D eigenvalue weighted by molar-refractivity contribution is 5.39. The Balaban J connectivity index is 1.47. The maximum atomic E-state index is 12.6. The van der Waals surface area contributed by atoms with Crippen LogP contribution in [0.25, 0.3) is 0 Å². The van der Waals surface area contributed by atoms with Gasteiger partial charge >= 0.3 is 6.18 Å². The van der Waals surface area contributed by atoms with Gasteiger partial charge in [0.1, 0.15) is 0 Å². The van der Waals surface area contributed by atoms with Crippen LogP contribution in [0.1, 0.15) is 73.6 Å². The molecule has 0 radical (unpaired) electrons. The van der Waals surface area contributed by atoms with E-state index < -0.39 is 11.7 Å². The summed E-state index contributed by atoms with van der Waals surface area (Å²) in [5, 5.41) is 0. The maximum absolute atomic E-state index is 12.6. The van der Waals surface area contributed by atoms with Crippen LogP contribution in [0.15, 0.2) is 60.7 Å². The van der Waals surface area contributed by atoms with Crippen molar-refractivity contribution in [3.63, 3.8) is 0 Å². The van der Waals surface area contributed by atoms with E-state index in [9.17, 15) is 13.2 Å². The Bertz CT molecular complexity index is 869. The number of hydrogen-bond acceptors (Lipinski definition) is 0. The smallest absolute Gasteiger partial charge is 0.166 e. The first-order chi connectivity index (χ1) is 14.5. The molecule has 0 bridgehead atoms. The highest BCUT2D eigenvalue weighted by Crippen LogP contribution is 2.36. The molecule has 0 unspecified atom stereocenters. The molecule has 0 saturated heterocycles. The van der Waals surface area contributed by atoms with Crippen LogP contribution in [0.4, 0.5) is 13.2 Å². The van der Waals surface area contributed by atoms with Crippen molar-refractivity contribution in [1.29, 1.82) is 0 Å². The van der Waals surface area contributed by atoms with Gasteiger partial charge in [0.15, 0.2) is 0 Å². The molecular weight excluding hydrogens is 381 g/mol. The van der Waals surface area contributed by atoms with Crippen LogP contribution < -0.4 is 0 Å². The van der Waals surface area contributed by atoms with E-state index in [4.69, 9.17) is 0 Å². The third-order valence-electron chi connectivity index (χ3n) is 5.92. The minimum Gasteiger partial charge on any atom is -0.166 e. The van der Waals surface area contributed by atoms with Gasteiger partial charge in [0.05, 0.1) is 5.56 Å². The van der Waals surface area contributed by atoms with Crippen LogP contribution in [0.2, 0.25) is 0 Å². The summed E-state index contributed by atoms with van der Waals surface area (Å²) in [6.45, 7) is 2.22. The Morgan fingerprint density at radius 1 is 0.933 bits per heavy atom. The minimum atomic E-state index is -4.30. The van der Waals surface area contributed by atoms with Gasteiger partial charge in [0.25, 0.3) is 0 Å². The molecule has 3 heteroatoms. The minimum absolute atomic E-state index is 0.534. The second-order valence-electron chi connectivity index (χ2n) is 8.16. The quantitative estimate of drug-likeness (QED) is 0.439. The van der Waals surface area contributed by atoms with Crippen molar-refractivity contribution in [1.82, 2.24) is 0 Å². The fraction of sp³-hybridized carbons (Fsp3) is 0.407. The molecule has 0 spiro atoms. The zero-order valence-electron chi connectivity index (χ0n) is 17.5. The molecule has 0 aliphatic heterocycles. The summed E-state index contributed by atoms with van der Waals surface area (Å²) in [5.74, 6) is 7.05. The molecule has 1 fully saturated rings. The van der Waals surface area contributed by atoms with Crippen LogP contribution >= 0.6 is 0 Å². The molecule has 1 saturated carbocycles. The first-order valence-corrected chi connectivity index (χ1v) is 10.9. The number of alkyl halides is 3. The Hall–Kier alpha value is -2.47. The molecule has 3 rings (SSSR count). The third-order valence-corrected chi connectivity index (χ3v) is 5.92. The molecule has 2 aromatic carbocycles. The predicted octanol–water partition coefficient (Wildman–Crippen LogP) is 7.93. The second-order valence-corrected chi connectivity index (χ2v) is 8.16. The van der Waals surface area contributed by atoms with Gasteiger partial charge in [-0.25, -0.2) is 0 Å². The summed E-state index contributed by atoms with van der Waals surface area (Å²) in [4.78, 5) is 0. The van der Waals surface area contributed by atoms with Crippen molar-refractivity contribution in [2.45, 2.75) is 64.0 Å². The highest BCUT2D eigenvalue weighted by Gasteiger charge is 2.29. The summed E-state index contributed by atoms with van der Waals surface area (Å²) < 4.78 is 37.7. The fourth-order valence-corrected chi connectivity index (χ4v) is 4.03. The van der Waals surface area contributed by atoms with Gasteiger partial charge in [0, 0.05) is 5.56 Å². The molecule has 0 nitrogen and oxygen atoms in total. The van der Waals surface area contributed by atoms with Crippen LogP contribution in [0, 0.1) is 17.8 Å². The average molecular weight is 411 g/mol. The van der Waals surface area contributed by atoms with Crippen molar-refractivity contribution in [3.8, 4) is 11.8 Å². The van der Waals surface area contributed by atoms with Crippen LogP contribution in [0.5, 0.6) is 0 Å². The van der Waals surface area contributed by atoms with Gasteiger partial charge in [-0.2, -0.15) is 13.2 Å². The summed E-state index contributed by atoms with van der Waals surface area (Å²) in [7, 11) is 0. The molecular formula is C27H29F3. The molecule has 0 atom stereocenters. The molecule has 1 aliphatic carbocycles. The van der Waals surface area contributed by atoms with E-state index in [0.29, 0.717) is 17.4 Å². The highest BCUT2D eigenvalue weighted by atomic mass is 19.4. The Labute approximate surface area is 178 Å². The van der Waals surface area contributed by atoms with E-state index in [2.05, 4.69) is 49.1 Å². The zero-order valence-corrected chi connectivity index (χ0v) is 17.5. The van der Waals surface area contributed by atoms with Crippen LogP contribution in [0.3, 0.4) is 0 Å². The maximum Gasteiger partial charge on any atom is 0.416 e. The van der Waals surface area contributed by atoms with Gasteiger partial charge in [-0.15, -0.1) is 0 Å². The van der Waals surface area contributed by atoms with E-state index in [-0.39, 0.29) is 0 Å². The van der Waals surface area contributed by atoms with E-state index >= 15 is 0 Å². The second kappa shape index (κ2) is 10.5. The lowest BCUT2D eigenvalue weighted by atomic mass is 9.78. The molecule has 30 heavy (non-hydrogen) atoms. The molecule has 0 heterocycles. The van der Waals surface area contributed by atoms with E-state index in [0.717, 1.165) is 25.0 Å². The molecule has 0 N–H and O–H groups in total. The molecule has 2 aromatic rings. The largest absolute Gasteiger partial charge is 0.416 e. The van der Waals surface area contributed by atoms with Gasteiger partial charge in [0.2, 0.25) is 0 Å². The number of hydrogen-bond donors (Lipinski definition) is 0. The SMILES string of the molecule is CCCCc1ccc(C2CCC(/C=C/C#Cc3ccc(C(F)(F)F)cc3)CC2)cc1. The van der Waals surface area contributed by atoms with Gasteiger partial charge in [-0.3, -0.25) is 0 Å². The van der Waals surface area contributed by atoms with E-state index in [1.54, 1.807) is 0 Å². The monoisotopic (exact) mass is 410 g/mol. The van der Waals surface area contributed by atoms with Crippen LogP contribution in [-0.2, 0) is 12.6 Å². The summed E-state index contributed by atoms with van der Waals surface area (Å²) in [6.07, 6.45) is 8.04. The standard InChI is InChI=1S/C27H29F3/c1-2-3-6-21-9-15-24(16-10-21)25-17-11-22(12-18-25)7-4-5-8-23-13-19-26(20-14-23)27(28,29)30/h4,7,9-10,13-16,19-20,22,25H,2-3,6,11-12,17-18H2,1H3/b7-4+. The normalized spacial score (nSPS) is 19.5. The van der Waals surface area contributed by atoms with E-state index in [1.165, 1.54) is 55.4 Å². The van der Waals surface area contributed by atoms with Gasteiger partial charge in [-0.1, -0.05) is 55.5 Å². The number of rotatable bonds is 5.